The highest BCUT2D eigenvalue weighted by Crippen LogP contribution is 2.41. The van der Waals surface area contributed by atoms with Crippen molar-refractivity contribution in [3.63, 3.8) is 0 Å². The van der Waals surface area contributed by atoms with Crippen LogP contribution in [0.5, 0.6) is 0 Å². The first kappa shape index (κ1) is 12.7. The van der Waals surface area contributed by atoms with E-state index in [0.29, 0.717) is 5.91 Å². The third kappa shape index (κ3) is 2.27. The molecule has 1 aromatic heterocycles. The van der Waals surface area contributed by atoms with Crippen LogP contribution in [0.4, 0.5) is 0 Å². The van der Waals surface area contributed by atoms with Gasteiger partial charge in [0.25, 0.3) is 0 Å². The quantitative estimate of drug-likeness (QED) is 0.794. The van der Waals surface area contributed by atoms with E-state index in [9.17, 15) is 4.79 Å². The van der Waals surface area contributed by atoms with Crippen LogP contribution in [0, 0.1) is 5.41 Å². The summed E-state index contributed by atoms with van der Waals surface area (Å²) in [7, 11) is 3.88. The molecule has 0 aliphatic carbocycles. The minimum atomic E-state index is -0.0415. The van der Waals surface area contributed by atoms with Gasteiger partial charge in [-0.15, -0.1) is 0 Å². The smallest absolute Gasteiger partial charge is 0.228 e. The summed E-state index contributed by atoms with van der Waals surface area (Å²) in [6.07, 6.45) is 7.06. The lowest BCUT2D eigenvalue weighted by Gasteiger charge is -2.37. The third-order valence-corrected chi connectivity index (χ3v) is 4.70. The maximum Gasteiger partial charge on any atom is 0.228 e. The van der Waals surface area contributed by atoms with Crippen LogP contribution < -0.4 is 0 Å². The fourth-order valence-electron chi connectivity index (χ4n) is 3.41. The number of hydrogen-bond acceptors (Lipinski definition) is 3. The highest BCUT2D eigenvalue weighted by molar-refractivity contribution is 5.84. The Bertz CT molecular complexity index is 474. The Hall–Kier alpha value is -1.36. The maximum absolute atomic E-state index is 12.2. The molecule has 19 heavy (non-hydrogen) atoms. The average Bonchev–Trinajstić information content (AvgIpc) is 2.92. The van der Waals surface area contributed by atoms with Gasteiger partial charge in [0.15, 0.2) is 0 Å². The Labute approximate surface area is 114 Å². The van der Waals surface area contributed by atoms with E-state index in [1.165, 1.54) is 5.56 Å². The van der Waals surface area contributed by atoms with Crippen LogP contribution in [0.25, 0.3) is 0 Å². The van der Waals surface area contributed by atoms with Crippen LogP contribution in [-0.4, -0.2) is 52.2 Å². The molecule has 0 radical (unpaired) electrons. The van der Waals surface area contributed by atoms with Crippen molar-refractivity contribution >= 4 is 5.91 Å². The van der Waals surface area contributed by atoms with E-state index in [1.54, 1.807) is 0 Å². The highest BCUT2D eigenvalue weighted by atomic mass is 16.2. The molecule has 2 aliphatic rings. The number of amides is 1. The lowest BCUT2D eigenvalue weighted by molar-refractivity contribution is -0.137. The zero-order chi connectivity index (χ0) is 13.5. The molecular weight excluding hydrogens is 240 g/mol. The van der Waals surface area contributed by atoms with Crippen molar-refractivity contribution in [3.05, 3.63) is 18.0 Å². The van der Waals surface area contributed by atoms with Crippen molar-refractivity contribution in [2.45, 2.75) is 25.8 Å². The third-order valence-electron chi connectivity index (χ3n) is 4.70. The van der Waals surface area contributed by atoms with Gasteiger partial charge in [-0.2, -0.15) is 5.10 Å². The van der Waals surface area contributed by atoms with E-state index in [0.717, 1.165) is 45.4 Å². The summed E-state index contributed by atoms with van der Waals surface area (Å²) in [5.41, 5.74) is 1.22. The second kappa shape index (κ2) is 4.63. The van der Waals surface area contributed by atoms with Crippen molar-refractivity contribution in [2.24, 2.45) is 12.5 Å². The fourth-order valence-corrected chi connectivity index (χ4v) is 3.41. The normalized spacial score (nSPS) is 23.5. The molecule has 1 aromatic rings. The Morgan fingerprint density at radius 1 is 1.21 bits per heavy atom. The van der Waals surface area contributed by atoms with Gasteiger partial charge in [-0.1, -0.05) is 0 Å². The Morgan fingerprint density at radius 3 is 2.42 bits per heavy atom. The number of aromatic nitrogens is 2. The molecule has 5 nitrogen and oxygen atoms in total. The number of aryl methyl sites for hydroxylation is 1. The van der Waals surface area contributed by atoms with Crippen LogP contribution in [-0.2, 0) is 18.4 Å². The van der Waals surface area contributed by atoms with Gasteiger partial charge < -0.3 is 4.90 Å². The van der Waals surface area contributed by atoms with Crippen LogP contribution in [0.1, 0.15) is 24.8 Å². The molecule has 0 saturated carbocycles. The monoisotopic (exact) mass is 262 g/mol. The lowest BCUT2D eigenvalue weighted by Crippen LogP contribution is -2.43. The molecule has 1 spiro atoms. The number of rotatable bonds is 2. The molecule has 0 aromatic carbocycles. The molecule has 3 rings (SSSR count). The molecule has 2 aliphatic heterocycles. The topological polar surface area (TPSA) is 41.4 Å². The summed E-state index contributed by atoms with van der Waals surface area (Å²) in [5, 5.41) is 4.20. The number of hydrogen-bond donors (Lipinski definition) is 0. The molecule has 104 valence electrons. The van der Waals surface area contributed by atoms with E-state index < -0.39 is 0 Å². The van der Waals surface area contributed by atoms with E-state index >= 15 is 0 Å². The second-order valence-electron chi connectivity index (χ2n) is 6.06. The molecule has 0 bridgehead atoms. The summed E-state index contributed by atoms with van der Waals surface area (Å²) in [6.45, 7) is 3.93. The highest BCUT2D eigenvalue weighted by Gasteiger charge is 2.46. The number of nitrogens with zero attached hydrogens (tertiary/aromatic N) is 4. The molecule has 3 heterocycles. The van der Waals surface area contributed by atoms with Gasteiger partial charge in [-0.25, -0.2) is 0 Å². The van der Waals surface area contributed by atoms with Crippen molar-refractivity contribution in [1.29, 1.82) is 0 Å². The first-order valence-corrected chi connectivity index (χ1v) is 7.05. The zero-order valence-electron chi connectivity index (χ0n) is 11.8. The first-order chi connectivity index (χ1) is 9.09. The minimum absolute atomic E-state index is 0.0415. The summed E-state index contributed by atoms with van der Waals surface area (Å²) >= 11 is 0. The maximum atomic E-state index is 12.2. The van der Waals surface area contributed by atoms with Crippen LogP contribution in [0.3, 0.4) is 0 Å². The Kier molecular flexibility index (Phi) is 3.09. The van der Waals surface area contributed by atoms with Crippen LogP contribution in [0.15, 0.2) is 12.4 Å². The molecule has 0 atom stereocenters. The van der Waals surface area contributed by atoms with Gasteiger partial charge in [0.05, 0.1) is 11.6 Å². The van der Waals surface area contributed by atoms with Crippen molar-refractivity contribution in [1.82, 2.24) is 19.6 Å². The predicted octanol–water partition coefficient (Wildman–Crippen LogP) is 0.864. The SMILES string of the molecule is CN1CCC2(CCN(Cc3cnn(C)c3)CC2)C1=O. The van der Waals surface area contributed by atoms with Crippen molar-refractivity contribution < 1.29 is 4.79 Å². The summed E-state index contributed by atoms with van der Waals surface area (Å²) < 4.78 is 1.84. The average molecular weight is 262 g/mol. The van der Waals surface area contributed by atoms with Crippen molar-refractivity contribution in [3.8, 4) is 0 Å². The van der Waals surface area contributed by atoms with Gasteiger partial charge in [-0.05, 0) is 32.4 Å². The summed E-state index contributed by atoms with van der Waals surface area (Å²) in [4.78, 5) is 16.6. The second-order valence-corrected chi connectivity index (χ2v) is 6.06. The van der Waals surface area contributed by atoms with Gasteiger partial charge in [-0.3, -0.25) is 14.4 Å². The number of carbonyl (C=O) groups excluding carboxylic acids is 1. The first-order valence-electron chi connectivity index (χ1n) is 7.05. The van der Waals surface area contributed by atoms with E-state index in [-0.39, 0.29) is 5.41 Å². The van der Waals surface area contributed by atoms with Gasteiger partial charge in [0.2, 0.25) is 5.91 Å². The van der Waals surface area contributed by atoms with Gasteiger partial charge in [0.1, 0.15) is 0 Å². The van der Waals surface area contributed by atoms with E-state index in [2.05, 4.69) is 16.2 Å². The van der Waals surface area contributed by atoms with Crippen molar-refractivity contribution in [2.75, 3.05) is 26.7 Å². The number of likely N-dealkylation sites (tertiary alicyclic amines) is 2. The molecule has 1 amide bonds. The largest absolute Gasteiger partial charge is 0.345 e. The molecule has 2 saturated heterocycles. The zero-order valence-corrected chi connectivity index (χ0v) is 11.8. The van der Waals surface area contributed by atoms with Gasteiger partial charge >= 0.3 is 0 Å². The molecule has 0 N–H and O–H groups in total. The predicted molar refractivity (Wildman–Crippen MR) is 72.4 cm³/mol. The lowest BCUT2D eigenvalue weighted by atomic mass is 9.77. The molecular formula is C14H22N4O. The molecule has 2 fully saturated rings. The van der Waals surface area contributed by atoms with Crippen LogP contribution >= 0.6 is 0 Å². The minimum Gasteiger partial charge on any atom is -0.345 e. The summed E-state index contributed by atoms with van der Waals surface area (Å²) in [5.74, 6) is 0.369. The Balaban J connectivity index is 1.59. The van der Waals surface area contributed by atoms with Gasteiger partial charge in [0, 0.05) is 38.9 Å². The number of carbonyl (C=O) groups is 1. The van der Waals surface area contributed by atoms with E-state index in [1.807, 2.05) is 29.9 Å². The Morgan fingerprint density at radius 2 is 1.89 bits per heavy atom. The van der Waals surface area contributed by atoms with Crippen LogP contribution in [0.2, 0.25) is 0 Å². The number of piperidine rings is 1. The fraction of sp³-hybridized carbons (Fsp3) is 0.714. The molecule has 5 heteroatoms. The summed E-state index contributed by atoms with van der Waals surface area (Å²) in [6, 6.07) is 0. The standard InChI is InChI=1S/C14H22N4O/c1-16-6-3-14(13(16)19)4-7-18(8-5-14)11-12-9-15-17(2)10-12/h9-10H,3-8,11H2,1-2H3. The molecule has 0 unspecified atom stereocenters. The van der Waals surface area contributed by atoms with E-state index in [4.69, 9.17) is 0 Å².